The molecule has 2 heterocycles. The van der Waals surface area contributed by atoms with Gasteiger partial charge in [-0.25, -0.2) is 4.98 Å². The SMILES string of the molecule is Cc1nc(CSCC(=O)Nc2nc(-c3cccc(Br)c3)cs2)no1. The number of halogens is 1. The average molecular weight is 425 g/mol. The molecule has 0 bridgehead atoms. The molecule has 6 nitrogen and oxygen atoms in total. The number of benzene rings is 1. The number of anilines is 1. The first kappa shape index (κ1) is 17.1. The third kappa shape index (κ3) is 4.65. The number of carbonyl (C=O) groups excluding carboxylic acids is 1. The molecule has 1 amide bonds. The number of nitrogens with zero attached hydrogens (tertiary/aromatic N) is 3. The van der Waals surface area contributed by atoms with E-state index in [2.05, 4.69) is 36.4 Å². The normalized spacial score (nSPS) is 10.8. The zero-order chi connectivity index (χ0) is 16.9. The van der Waals surface area contributed by atoms with Crippen molar-refractivity contribution in [3.63, 3.8) is 0 Å². The molecule has 3 aromatic rings. The Morgan fingerprint density at radius 1 is 1.42 bits per heavy atom. The van der Waals surface area contributed by atoms with E-state index in [0.717, 1.165) is 15.7 Å². The Bertz CT molecular complexity index is 849. The van der Waals surface area contributed by atoms with Crippen molar-refractivity contribution in [3.05, 3.63) is 45.8 Å². The van der Waals surface area contributed by atoms with E-state index in [1.165, 1.54) is 23.1 Å². The lowest BCUT2D eigenvalue weighted by Gasteiger charge is -2.00. The van der Waals surface area contributed by atoms with Crippen molar-refractivity contribution in [3.8, 4) is 11.3 Å². The van der Waals surface area contributed by atoms with Crippen molar-refractivity contribution in [2.75, 3.05) is 11.1 Å². The van der Waals surface area contributed by atoms with Gasteiger partial charge in [-0.05, 0) is 12.1 Å². The summed E-state index contributed by atoms with van der Waals surface area (Å²) < 4.78 is 5.88. The highest BCUT2D eigenvalue weighted by Gasteiger charge is 2.10. The quantitative estimate of drug-likeness (QED) is 0.640. The van der Waals surface area contributed by atoms with Gasteiger partial charge in [0.05, 0.1) is 17.2 Å². The number of amides is 1. The van der Waals surface area contributed by atoms with Crippen molar-refractivity contribution in [2.24, 2.45) is 0 Å². The smallest absolute Gasteiger partial charge is 0.236 e. The van der Waals surface area contributed by atoms with Crippen molar-refractivity contribution in [1.82, 2.24) is 15.1 Å². The van der Waals surface area contributed by atoms with Crippen LogP contribution in [0.3, 0.4) is 0 Å². The van der Waals surface area contributed by atoms with E-state index in [-0.39, 0.29) is 5.91 Å². The highest BCUT2D eigenvalue weighted by molar-refractivity contribution is 9.10. The fourth-order valence-corrected chi connectivity index (χ4v) is 3.70. The molecule has 0 fully saturated rings. The Morgan fingerprint density at radius 2 is 2.29 bits per heavy atom. The highest BCUT2D eigenvalue weighted by Crippen LogP contribution is 2.27. The van der Waals surface area contributed by atoms with Gasteiger partial charge in [0, 0.05) is 22.3 Å². The minimum atomic E-state index is -0.102. The lowest BCUT2D eigenvalue weighted by atomic mass is 10.2. The second-order valence-electron chi connectivity index (χ2n) is 4.82. The molecule has 2 aromatic heterocycles. The molecular formula is C15H13BrN4O2S2. The Kier molecular flexibility index (Phi) is 5.64. The van der Waals surface area contributed by atoms with Crippen LogP contribution < -0.4 is 5.32 Å². The summed E-state index contributed by atoms with van der Waals surface area (Å²) in [4.78, 5) is 20.5. The van der Waals surface area contributed by atoms with E-state index in [0.29, 0.717) is 28.4 Å². The lowest BCUT2D eigenvalue weighted by Crippen LogP contribution is -2.14. The number of carbonyl (C=O) groups is 1. The van der Waals surface area contributed by atoms with Gasteiger partial charge >= 0.3 is 0 Å². The molecule has 1 N–H and O–H groups in total. The fraction of sp³-hybridized carbons (Fsp3) is 0.200. The molecule has 0 spiro atoms. The van der Waals surface area contributed by atoms with Crippen LogP contribution in [0, 0.1) is 6.92 Å². The Morgan fingerprint density at radius 3 is 3.04 bits per heavy atom. The van der Waals surface area contributed by atoms with Gasteiger partial charge in [0.1, 0.15) is 0 Å². The summed E-state index contributed by atoms with van der Waals surface area (Å²) in [5, 5.41) is 9.11. The van der Waals surface area contributed by atoms with Crippen molar-refractivity contribution in [2.45, 2.75) is 12.7 Å². The third-order valence-corrected chi connectivity index (χ3v) is 5.08. The van der Waals surface area contributed by atoms with Crippen LogP contribution in [0.15, 0.2) is 38.6 Å². The largest absolute Gasteiger partial charge is 0.340 e. The molecular weight excluding hydrogens is 412 g/mol. The minimum absolute atomic E-state index is 0.102. The maximum absolute atomic E-state index is 12.0. The van der Waals surface area contributed by atoms with Crippen LogP contribution in [0.1, 0.15) is 11.7 Å². The third-order valence-electron chi connectivity index (χ3n) is 2.90. The Hall–Kier alpha value is -1.71. The Balaban J connectivity index is 1.51. The van der Waals surface area contributed by atoms with Gasteiger partial charge in [0.25, 0.3) is 0 Å². The van der Waals surface area contributed by atoms with Crippen LogP contribution in [0.5, 0.6) is 0 Å². The number of aromatic nitrogens is 3. The van der Waals surface area contributed by atoms with E-state index >= 15 is 0 Å². The number of aryl methyl sites for hydroxylation is 1. The van der Waals surface area contributed by atoms with Crippen LogP contribution in [0.25, 0.3) is 11.3 Å². The molecule has 9 heteroatoms. The molecule has 0 unspecified atom stereocenters. The molecule has 124 valence electrons. The predicted octanol–water partition coefficient (Wildman–Crippen LogP) is 4.14. The maximum atomic E-state index is 12.0. The molecule has 0 saturated carbocycles. The summed E-state index contributed by atoms with van der Waals surface area (Å²) in [6, 6.07) is 7.88. The predicted molar refractivity (Wildman–Crippen MR) is 99.1 cm³/mol. The lowest BCUT2D eigenvalue weighted by molar-refractivity contribution is -0.113. The minimum Gasteiger partial charge on any atom is -0.340 e. The summed E-state index contributed by atoms with van der Waals surface area (Å²) >= 11 is 6.27. The van der Waals surface area contributed by atoms with Crippen LogP contribution in [0.4, 0.5) is 5.13 Å². The monoisotopic (exact) mass is 424 g/mol. The van der Waals surface area contributed by atoms with Gasteiger partial charge in [0.15, 0.2) is 11.0 Å². The number of nitrogens with one attached hydrogen (secondary N) is 1. The summed E-state index contributed by atoms with van der Waals surface area (Å²) in [5.74, 6) is 1.86. The van der Waals surface area contributed by atoms with Crippen LogP contribution in [-0.2, 0) is 10.5 Å². The second kappa shape index (κ2) is 7.91. The van der Waals surface area contributed by atoms with E-state index in [1.807, 2.05) is 29.6 Å². The zero-order valence-corrected chi connectivity index (χ0v) is 15.9. The molecule has 0 aliphatic rings. The Labute approximate surface area is 155 Å². The van der Waals surface area contributed by atoms with Crippen LogP contribution in [-0.4, -0.2) is 26.8 Å². The van der Waals surface area contributed by atoms with Gasteiger partial charge < -0.3 is 9.84 Å². The van der Waals surface area contributed by atoms with Crippen molar-refractivity contribution in [1.29, 1.82) is 0 Å². The van der Waals surface area contributed by atoms with E-state index in [1.54, 1.807) is 6.92 Å². The second-order valence-corrected chi connectivity index (χ2v) is 7.58. The van der Waals surface area contributed by atoms with Crippen molar-refractivity contribution < 1.29 is 9.32 Å². The number of thiazole rings is 1. The number of thioether (sulfide) groups is 1. The van der Waals surface area contributed by atoms with Gasteiger partial charge in [-0.1, -0.05) is 33.2 Å². The zero-order valence-electron chi connectivity index (χ0n) is 12.7. The number of hydrogen-bond acceptors (Lipinski definition) is 7. The molecule has 3 rings (SSSR count). The van der Waals surface area contributed by atoms with Crippen LogP contribution >= 0.6 is 39.0 Å². The molecule has 0 aliphatic heterocycles. The summed E-state index contributed by atoms with van der Waals surface area (Å²) in [6.07, 6.45) is 0. The highest BCUT2D eigenvalue weighted by atomic mass is 79.9. The van der Waals surface area contributed by atoms with Gasteiger partial charge in [-0.2, -0.15) is 4.98 Å². The summed E-state index contributed by atoms with van der Waals surface area (Å²) in [5.41, 5.74) is 1.84. The molecule has 0 atom stereocenters. The molecule has 0 saturated heterocycles. The first-order valence-corrected chi connectivity index (χ1v) is 9.81. The number of rotatable bonds is 6. The van der Waals surface area contributed by atoms with E-state index in [4.69, 9.17) is 4.52 Å². The van der Waals surface area contributed by atoms with E-state index < -0.39 is 0 Å². The molecule has 0 radical (unpaired) electrons. The molecule has 0 aliphatic carbocycles. The van der Waals surface area contributed by atoms with Gasteiger partial charge in [-0.3, -0.25) is 4.79 Å². The van der Waals surface area contributed by atoms with E-state index in [9.17, 15) is 4.79 Å². The summed E-state index contributed by atoms with van der Waals surface area (Å²) in [7, 11) is 0. The topological polar surface area (TPSA) is 80.9 Å². The van der Waals surface area contributed by atoms with Crippen LogP contribution in [0.2, 0.25) is 0 Å². The molecule has 24 heavy (non-hydrogen) atoms. The van der Waals surface area contributed by atoms with Crippen molar-refractivity contribution >= 4 is 50.1 Å². The average Bonchev–Trinajstić information content (AvgIpc) is 3.17. The van der Waals surface area contributed by atoms with Gasteiger partial charge in [-0.15, -0.1) is 23.1 Å². The first-order valence-electron chi connectivity index (χ1n) is 6.98. The first-order chi connectivity index (χ1) is 11.6. The number of hydrogen-bond donors (Lipinski definition) is 1. The van der Waals surface area contributed by atoms with Gasteiger partial charge in [0.2, 0.25) is 11.8 Å². The summed E-state index contributed by atoms with van der Waals surface area (Å²) in [6.45, 7) is 1.74. The molecule has 1 aromatic carbocycles. The maximum Gasteiger partial charge on any atom is 0.236 e. The fourth-order valence-electron chi connectivity index (χ4n) is 1.90. The standard InChI is InChI=1S/C15H13BrN4O2S2/c1-9-17-13(20-22-9)7-23-8-14(21)19-15-18-12(6-24-15)10-3-2-4-11(16)5-10/h2-6H,7-8H2,1H3,(H,18,19,21).